The van der Waals surface area contributed by atoms with Crippen LogP contribution in [0.4, 0.5) is 0 Å². The molecule has 6 nitrogen and oxygen atoms in total. The van der Waals surface area contributed by atoms with Gasteiger partial charge in [-0.3, -0.25) is 4.18 Å². The molecule has 0 aliphatic carbocycles. The Morgan fingerprint density at radius 1 is 1.31 bits per heavy atom. The third-order valence-corrected chi connectivity index (χ3v) is 1.57. The van der Waals surface area contributed by atoms with Gasteiger partial charge in [0.15, 0.2) is 0 Å². The molecule has 0 aromatic rings. The molecule has 0 spiro atoms. The van der Waals surface area contributed by atoms with E-state index in [4.69, 9.17) is 4.74 Å². The van der Waals surface area contributed by atoms with E-state index >= 15 is 0 Å². The van der Waals surface area contributed by atoms with E-state index in [0.29, 0.717) is 0 Å². The standard InChI is InChI=1S/C6H12O6S/c1-10-6(7)5-11-3-4-12-13(2,8)9/h3-5H2,1-2H3. The third kappa shape index (κ3) is 9.25. The number of rotatable bonds is 6. The summed E-state index contributed by atoms with van der Waals surface area (Å²) in [6.07, 6.45) is 0.938. The average Bonchev–Trinajstić information content (AvgIpc) is 2.01. The molecule has 0 unspecified atom stereocenters. The smallest absolute Gasteiger partial charge is 0.331 e. The molecule has 0 radical (unpaired) electrons. The molecule has 0 N–H and O–H groups in total. The molecule has 78 valence electrons. The van der Waals surface area contributed by atoms with E-state index < -0.39 is 16.1 Å². The first kappa shape index (κ1) is 12.3. The van der Waals surface area contributed by atoms with Crippen LogP contribution in [0.3, 0.4) is 0 Å². The van der Waals surface area contributed by atoms with Crippen LogP contribution in [0.15, 0.2) is 0 Å². The fraction of sp³-hybridized carbons (Fsp3) is 0.833. The van der Waals surface area contributed by atoms with Gasteiger partial charge in [0.1, 0.15) is 6.61 Å². The molecule has 7 heteroatoms. The van der Waals surface area contributed by atoms with Crippen LogP contribution in [0, 0.1) is 0 Å². The van der Waals surface area contributed by atoms with Crippen LogP contribution >= 0.6 is 0 Å². The van der Waals surface area contributed by atoms with Crippen molar-refractivity contribution in [3.63, 3.8) is 0 Å². The molecule has 0 aromatic carbocycles. The van der Waals surface area contributed by atoms with E-state index in [1.807, 2.05) is 0 Å². The SMILES string of the molecule is COC(=O)COCCOS(C)(=O)=O. The van der Waals surface area contributed by atoms with E-state index in [0.717, 1.165) is 6.26 Å². The van der Waals surface area contributed by atoms with Gasteiger partial charge in [-0.25, -0.2) is 4.79 Å². The molecule has 0 rings (SSSR count). The minimum Gasteiger partial charge on any atom is -0.467 e. The van der Waals surface area contributed by atoms with Gasteiger partial charge >= 0.3 is 5.97 Å². The van der Waals surface area contributed by atoms with Crippen LogP contribution in [0.2, 0.25) is 0 Å². The molecule has 0 amide bonds. The quantitative estimate of drug-likeness (QED) is 0.324. The van der Waals surface area contributed by atoms with Gasteiger partial charge in [-0.05, 0) is 0 Å². The molecular weight excluding hydrogens is 200 g/mol. The fourth-order valence-electron chi connectivity index (χ4n) is 0.459. The summed E-state index contributed by atoms with van der Waals surface area (Å²) in [5, 5.41) is 0. The van der Waals surface area contributed by atoms with Crippen molar-refractivity contribution in [3.8, 4) is 0 Å². The Labute approximate surface area is 76.9 Å². The van der Waals surface area contributed by atoms with E-state index in [1.54, 1.807) is 0 Å². The lowest BCUT2D eigenvalue weighted by molar-refractivity contribution is -0.146. The number of carbonyl (C=O) groups is 1. The summed E-state index contributed by atoms with van der Waals surface area (Å²) < 4.78 is 34.2. The zero-order chi connectivity index (χ0) is 10.3. The summed E-state index contributed by atoms with van der Waals surface area (Å²) in [6, 6.07) is 0. The number of esters is 1. The molecule has 0 aromatic heterocycles. The van der Waals surface area contributed by atoms with Crippen molar-refractivity contribution in [2.24, 2.45) is 0 Å². The van der Waals surface area contributed by atoms with Crippen molar-refractivity contribution >= 4 is 16.1 Å². The molecule has 0 bridgehead atoms. The Hall–Kier alpha value is -0.660. The van der Waals surface area contributed by atoms with Gasteiger partial charge in [0.05, 0.1) is 26.6 Å². The number of ether oxygens (including phenoxy) is 2. The van der Waals surface area contributed by atoms with E-state index in [-0.39, 0.29) is 19.8 Å². The normalized spacial score (nSPS) is 11.2. The Bertz CT molecular complexity index is 244. The summed E-state index contributed by atoms with van der Waals surface area (Å²) >= 11 is 0. The highest BCUT2D eigenvalue weighted by Gasteiger charge is 2.02. The van der Waals surface area contributed by atoms with Gasteiger partial charge in [-0.15, -0.1) is 0 Å². The molecule has 0 atom stereocenters. The Kier molecular flexibility index (Phi) is 5.60. The lowest BCUT2D eigenvalue weighted by atomic mass is 10.7. The Morgan fingerprint density at radius 2 is 1.92 bits per heavy atom. The highest BCUT2D eigenvalue weighted by Crippen LogP contribution is 1.86. The van der Waals surface area contributed by atoms with Crippen molar-refractivity contribution in [3.05, 3.63) is 0 Å². The van der Waals surface area contributed by atoms with Gasteiger partial charge in [-0.1, -0.05) is 0 Å². The summed E-state index contributed by atoms with van der Waals surface area (Å²) in [4.78, 5) is 10.5. The van der Waals surface area contributed by atoms with Gasteiger partial charge < -0.3 is 9.47 Å². The molecule has 0 fully saturated rings. The summed E-state index contributed by atoms with van der Waals surface area (Å²) in [6.45, 7) is -0.276. The maximum atomic E-state index is 10.5. The lowest BCUT2D eigenvalue weighted by Gasteiger charge is -2.02. The van der Waals surface area contributed by atoms with Crippen LogP contribution in [0.5, 0.6) is 0 Å². The van der Waals surface area contributed by atoms with E-state index in [9.17, 15) is 13.2 Å². The van der Waals surface area contributed by atoms with Crippen LogP contribution in [-0.2, 0) is 28.6 Å². The molecule has 0 saturated heterocycles. The van der Waals surface area contributed by atoms with Crippen LogP contribution in [-0.4, -0.2) is 47.6 Å². The first-order valence-corrected chi connectivity index (χ1v) is 5.26. The highest BCUT2D eigenvalue weighted by atomic mass is 32.2. The largest absolute Gasteiger partial charge is 0.467 e. The van der Waals surface area contributed by atoms with Crippen LogP contribution in [0.25, 0.3) is 0 Å². The monoisotopic (exact) mass is 212 g/mol. The predicted octanol–water partition coefficient (Wildman–Crippen LogP) is -0.848. The average molecular weight is 212 g/mol. The predicted molar refractivity (Wildman–Crippen MR) is 43.6 cm³/mol. The van der Waals surface area contributed by atoms with Crippen LogP contribution in [0.1, 0.15) is 0 Å². The molecular formula is C6H12O6S. The van der Waals surface area contributed by atoms with Crippen molar-refractivity contribution in [2.45, 2.75) is 0 Å². The van der Waals surface area contributed by atoms with E-state index in [2.05, 4.69) is 8.92 Å². The minimum absolute atomic E-state index is 0.0299. The number of hydrogen-bond acceptors (Lipinski definition) is 6. The van der Waals surface area contributed by atoms with Gasteiger partial charge in [-0.2, -0.15) is 8.42 Å². The molecule has 0 aliphatic heterocycles. The van der Waals surface area contributed by atoms with Crippen molar-refractivity contribution in [1.29, 1.82) is 0 Å². The third-order valence-electron chi connectivity index (χ3n) is 0.973. The Balaban J connectivity index is 3.33. The molecule has 13 heavy (non-hydrogen) atoms. The second-order valence-corrected chi connectivity index (χ2v) is 3.80. The zero-order valence-electron chi connectivity index (χ0n) is 7.48. The molecule has 0 saturated carbocycles. The summed E-state index contributed by atoms with van der Waals surface area (Å²) in [7, 11) is -2.19. The van der Waals surface area contributed by atoms with E-state index in [1.165, 1.54) is 7.11 Å². The van der Waals surface area contributed by atoms with Crippen molar-refractivity contribution < 1.29 is 26.9 Å². The Morgan fingerprint density at radius 3 is 2.38 bits per heavy atom. The van der Waals surface area contributed by atoms with Crippen molar-refractivity contribution in [1.82, 2.24) is 0 Å². The summed E-state index contributed by atoms with van der Waals surface area (Å²) in [5.74, 6) is -0.514. The highest BCUT2D eigenvalue weighted by molar-refractivity contribution is 7.85. The molecule has 0 aliphatic rings. The van der Waals surface area contributed by atoms with Gasteiger partial charge in [0, 0.05) is 0 Å². The number of hydrogen-bond donors (Lipinski definition) is 0. The molecule has 0 heterocycles. The topological polar surface area (TPSA) is 78.9 Å². The van der Waals surface area contributed by atoms with Crippen LogP contribution < -0.4 is 0 Å². The lowest BCUT2D eigenvalue weighted by Crippen LogP contribution is -2.14. The maximum Gasteiger partial charge on any atom is 0.331 e. The summed E-state index contributed by atoms with van der Waals surface area (Å²) in [5.41, 5.74) is 0. The maximum absolute atomic E-state index is 10.5. The van der Waals surface area contributed by atoms with Gasteiger partial charge in [0.2, 0.25) is 0 Å². The second-order valence-electron chi connectivity index (χ2n) is 2.15. The second kappa shape index (κ2) is 5.90. The van der Waals surface area contributed by atoms with Gasteiger partial charge in [0.25, 0.3) is 10.1 Å². The van der Waals surface area contributed by atoms with Crippen molar-refractivity contribution in [2.75, 3.05) is 33.2 Å². The number of methoxy groups -OCH3 is 1. The first-order chi connectivity index (χ1) is 5.95. The first-order valence-electron chi connectivity index (χ1n) is 3.44. The minimum atomic E-state index is -3.43. The fourth-order valence-corrected chi connectivity index (χ4v) is 0.830. The number of carbonyl (C=O) groups excluding carboxylic acids is 1. The zero-order valence-corrected chi connectivity index (χ0v) is 8.30.